The van der Waals surface area contributed by atoms with Crippen LogP contribution in [0, 0.1) is 11.7 Å². The van der Waals surface area contributed by atoms with E-state index >= 15 is 0 Å². The van der Waals surface area contributed by atoms with E-state index in [1.165, 1.54) is 6.20 Å². The Labute approximate surface area is 143 Å². The fourth-order valence-corrected chi connectivity index (χ4v) is 3.80. The van der Waals surface area contributed by atoms with Gasteiger partial charge in [-0.05, 0) is 25.3 Å². The molecule has 2 atom stereocenters. The summed E-state index contributed by atoms with van der Waals surface area (Å²) in [4.78, 5) is 25.9. The molecule has 0 bridgehead atoms. The van der Waals surface area contributed by atoms with Crippen LogP contribution in [0.15, 0.2) is 17.1 Å². The Kier molecular flexibility index (Phi) is 3.49. The van der Waals surface area contributed by atoms with E-state index in [1.807, 2.05) is 11.8 Å². The van der Waals surface area contributed by atoms with E-state index in [1.54, 1.807) is 4.57 Å². The molecule has 3 heterocycles. The number of benzene rings is 1. The van der Waals surface area contributed by atoms with Crippen LogP contribution in [0.4, 0.5) is 10.1 Å². The van der Waals surface area contributed by atoms with E-state index in [2.05, 4.69) is 6.92 Å². The Morgan fingerprint density at radius 1 is 1.40 bits per heavy atom. The maximum Gasteiger partial charge on any atom is 0.341 e. The molecule has 1 aromatic carbocycles. The minimum Gasteiger partial charge on any atom is -0.487 e. The molecular weight excluding hydrogens is 327 g/mol. The SMILES string of the molecule is CC1CCN(c2c(F)cc3c(=O)c(C(=O)O)cn4c3c2OCC4C)C1. The zero-order valence-corrected chi connectivity index (χ0v) is 14.1. The third-order valence-electron chi connectivity index (χ3n) is 5.11. The van der Waals surface area contributed by atoms with Gasteiger partial charge in [-0.3, -0.25) is 4.79 Å². The molecule has 2 unspecified atom stereocenters. The summed E-state index contributed by atoms with van der Waals surface area (Å²) >= 11 is 0. The zero-order valence-electron chi connectivity index (χ0n) is 14.1. The molecule has 2 aliphatic rings. The van der Waals surface area contributed by atoms with Crippen molar-refractivity contribution in [1.29, 1.82) is 0 Å². The average molecular weight is 346 g/mol. The minimum absolute atomic E-state index is 0.0509. The van der Waals surface area contributed by atoms with Crippen LogP contribution in [0.5, 0.6) is 5.75 Å². The van der Waals surface area contributed by atoms with Gasteiger partial charge in [0.25, 0.3) is 0 Å². The van der Waals surface area contributed by atoms with Gasteiger partial charge in [-0.1, -0.05) is 6.92 Å². The molecule has 2 aliphatic heterocycles. The van der Waals surface area contributed by atoms with Crippen LogP contribution >= 0.6 is 0 Å². The van der Waals surface area contributed by atoms with Gasteiger partial charge in [0.15, 0.2) is 11.6 Å². The zero-order chi connectivity index (χ0) is 17.9. The summed E-state index contributed by atoms with van der Waals surface area (Å²) in [6.45, 7) is 5.74. The van der Waals surface area contributed by atoms with Gasteiger partial charge in [0.05, 0.1) is 16.9 Å². The van der Waals surface area contributed by atoms with E-state index in [9.17, 15) is 19.1 Å². The molecule has 0 aliphatic carbocycles. The fraction of sp³-hybridized carbons (Fsp3) is 0.444. The van der Waals surface area contributed by atoms with E-state index < -0.39 is 17.2 Å². The summed E-state index contributed by atoms with van der Waals surface area (Å²) < 4.78 is 22.5. The van der Waals surface area contributed by atoms with Gasteiger partial charge in [-0.2, -0.15) is 0 Å². The van der Waals surface area contributed by atoms with E-state index in [0.29, 0.717) is 29.5 Å². The smallest absolute Gasteiger partial charge is 0.341 e. The van der Waals surface area contributed by atoms with Gasteiger partial charge in [-0.15, -0.1) is 0 Å². The van der Waals surface area contributed by atoms with Crippen LogP contribution in [-0.4, -0.2) is 35.3 Å². The number of hydrogen-bond acceptors (Lipinski definition) is 4. The van der Waals surface area contributed by atoms with Gasteiger partial charge in [-0.25, -0.2) is 9.18 Å². The molecular formula is C18H19FN2O4. The van der Waals surface area contributed by atoms with Crippen molar-refractivity contribution in [1.82, 2.24) is 4.57 Å². The van der Waals surface area contributed by atoms with Crippen LogP contribution in [0.3, 0.4) is 0 Å². The van der Waals surface area contributed by atoms with Crippen LogP contribution in [0.1, 0.15) is 36.7 Å². The first-order chi connectivity index (χ1) is 11.9. The number of ether oxygens (including phenoxy) is 1. The average Bonchev–Trinajstić information content (AvgIpc) is 2.98. The summed E-state index contributed by atoms with van der Waals surface area (Å²) in [5, 5.41) is 9.35. The summed E-state index contributed by atoms with van der Waals surface area (Å²) in [5.41, 5.74) is -0.184. The number of carbonyl (C=O) groups is 1. The quantitative estimate of drug-likeness (QED) is 0.905. The maximum absolute atomic E-state index is 14.9. The molecule has 6 nitrogen and oxygen atoms in total. The van der Waals surface area contributed by atoms with Gasteiger partial charge in [0, 0.05) is 19.3 Å². The Hall–Kier alpha value is -2.57. The van der Waals surface area contributed by atoms with Gasteiger partial charge in [0.1, 0.15) is 17.9 Å². The lowest BCUT2D eigenvalue weighted by Crippen LogP contribution is -2.29. The summed E-state index contributed by atoms with van der Waals surface area (Å²) in [6.07, 6.45) is 2.32. The van der Waals surface area contributed by atoms with Crippen molar-refractivity contribution in [2.45, 2.75) is 26.3 Å². The largest absolute Gasteiger partial charge is 0.487 e. The van der Waals surface area contributed by atoms with Crippen molar-refractivity contribution in [3.05, 3.63) is 33.9 Å². The highest BCUT2D eigenvalue weighted by molar-refractivity contribution is 5.97. The Bertz CT molecular complexity index is 952. The molecule has 132 valence electrons. The predicted molar refractivity (Wildman–Crippen MR) is 91.3 cm³/mol. The number of rotatable bonds is 2. The van der Waals surface area contributed by atoms with Crippen molar-refractivity contribution >= 4 is 22.6 Å². The third kappa shape index (κ3) is 2.29. The Morgan fingerprint density at radius 3 is 2.80 bits per heavy atom. The number of hydrogen-bond donors (Lipinski definition) is 1. The number of aromatic nitrogens is 1. The van der Waals surface area contributed by atoms with Crippen molar-refractivity contribution in [2.24, 2.45) is 5.92 Å². The lowest BCUT2D eigenvalue weighted by molar-refractivity contribution is 0.0694. The number of carboxylic acid groups (broad SMARTS) is 1. The van der Waals surface area contributed by atoms with Crippen LogP contribution < -0.4 is 15.1 Å². The highest BCUT2D eigenvalue weighted by Crippen LogP contribution is 2.43. The Balaban J connectivity index is 2.07. The van der Waals surface area contributed by atoms with Crippen LogP contribution in [-0.2, 0) is 0 Å². The Morgan fingerprint density at radius 2 is 2.16 bits per heavy atom. The molecule has 7 heteroatoms. The van der Waals surface area contributed by atoms with Gasteiger partial charge < -0.3 is 19.3 Å². The second kappa shape index (κ2) is 5.47. The molecule has 0 radical (unpaired) electrons. The second-order valence-electron chi connectivity index (χ2n) is 7.02. The van der Waals surface area contributed by atoms with Gasteiger partial charge >= 0.3 is 5.97 Å². The van der Waals surface area contributed by atoms with Crippen molar-refractivity contribution in [3.8, 4) is 5.75 Å². The van der Waals surface area contributed by atoms with Crippen LogP contribution in [0.2, 0.25) is 0 Å². The number of carboxylic acids is 1. The topological polar surface area (TPSA) is 71.8 Å². The van der Waals surface area contributed by atoms with E-state index in [0.717, 1.165) is 25.6 Å². The van der Waals surface area contributed by atoms with E-state index in [4.69, 9.17) is 4.74 Å². The molecule has 25 heavy (non-hydrogen) atoms. The highest BCUT2D eigenvalue weighted by Gasteiger charge is 2.32. The standard InChI is InChI=1S/C18H19FN2O4/c1-9-3-4-20(6-9)15-13(19)5-11-14-17(15)25-8-10(2)21(14)7-12(16(11)22)18(23)24/h5,7,9-10H,3-4,6,8H2,1-2H3,(H,23,24). The first-order valence-corrected chi connectivity index (χ1v) is 8.41. The fourth-order valence-electron chi connectivity index (χ4n) is 3.80. The lowest BCUT2D eigenvalue weighted by atomic mass is 10.1. The number of aromatic carboxylic acids is 1. The molecule has 1 fully saturated rings. The highest BCUT2D eigenvalue weighted by atomic mass is 19.1. The molecule has 1 saturated heterocycles. The molecule has 1 N–H and O–H groups in total. The van der Waals surface area contributed by atoms with Crippen molar-refractivity contribution < 1.29 is 19.0 Å². The molecule has 2 aromatic rings. The van der Waals surface area contributed by atoms with Crippen molar-refractivity contribution in [3.63, 3.8) is 0 Å². The summed E-state index contributed by atoms with van der Waals surface area (Å²) in [7, 11) is 0. The number of anilines is 1. The summed E-state index contributed by atoms with van der Waals surface area (Å²) in [6, 6.07) is 1.01. The molecule has 0 amide bonds. The second-order valence-corrected chi connectivity index (χ2v) is 7.02. The first kappa shape index (κ1) is 15.9. The first-order valence-electron chi connectivity index (χ1n) is 8.41. The normalized spacial score (nSPS) is 22.3. The molecule has 0 spiro atoms. The number of pyridine rings is 1. The predicted octanol–water partition coefficient (Wildman–Crippen LogP) is 2.64. The van der Waals surface area contributed by atoms with Crippen molar-refractivity contribution in [2.75, 3.05) is 24.6 Å². The molecule has 0 saturated carbocycles. The number of nitrogens with zero attached hydrogens (tertiary/aromatic N) is 2. The molecule has 4 rings (SSSR count). The summed E-state index contributed by atoms with van der Waals surface area (Å²) in [5.74, 6) is -1.05. The monoisotopic (exact) mass is 346 g/mol. The van der Waals surface area contributed by atoms with Crippen LogP contribution in [0.25, 0.3) is 10.9 Å². The maximum atomic E-state index is 14.9. The van der Waals surface area contributed by atoms with E-state index in [-0.39, 0.29) is 17.0 Å². The minimum atomic E-state index is -1.31. The molecule has 1 aromatic heterocycles. The van der Waals surface area contributed by atoms with Gasteiger partial charge in [0.2, 0.25) is 5.43 Å². The third-order valence-corrected chi connectivity index (χ3v) is 5.11. The number of halogens is 1. The lowest BCUT2D eigenvalue weighted by Gasteiger charge is -2.31.